The number of carbonyl (C=O) groups excluding carboxylic acids is 1. The molecule has 0 bridgehead atoms. The molecule has 0 amide bonds. The topological polar surface area (TPSA) is 87.7 Å². The van der Waals surface area contributed by atoms with Crippen LogP contribution in [0.3, 0.4) is 0 Å². The molecule has 3 heterocycles. The van der Waals surface area contributed by atoms with E-state index < -0.39 is 18.6 Å². The number of hydrogen-bond donors (Lipinski definition) is 0. The van der Waals surface area contributed by atoms with Crippen molar-refractivity contribution in [3.63, 3.8) is 0 Å². The lowest BCUT2D eigenvalue weighted by molar-refractivity contribution is -0.139. The first-order valence-corrected chi connectivity index (χ1v) is 13.4. The summed E-state index contributed by atoms with van der Waals surface area (Å²) in [5.74, 6) is -0.641. The molecule has 4 aromatic rings. The van der Waals surface area contributed by atoms with Crippen LogP contribution in [0.1, 0.15) is 42.4 Å². The normalized spacial score (nSPS) is 15.3. The summed E-state index contributed by atoms with van der Waals surface area (Å²) in [5.41, 5.74) is 4.11. The van der Waals surface area contributed by atoms with Crippen molar-refractivity contribution in [1.29, 1.82) is 0 Å². The van der Waals surface area contributed by atoms with Crippen molar-refractivity contribution in [1.82, 2.24) is 14.3 Å². The predicted molar refractivity (Wildman–Crippen MR) is 147 cm³/mol. The van der Waals surface area contributed by atoms with Gasteiger partial charge in [0.25, 0.3) is 5.56 Å². The Morgan fingerprint density at radius 2 is 1.80 bits per heavy atom. The fraction of sp³-hybridized carbons (Fsp3) is 0.241. The molecule has 0 aliphatic carbocycles. The summed E-state index contributed by atoms with van der Waals surface area (Å²) in [6, 6.07) is 14.7. The van der Waals surface area contributed by atoms with Crippen LogP contribution in [0.25, 0.3) is 11.8 Å². The quantitative estimate of drug-likeness (QED) is 0.314. The van der Waals surface area contributed by atoms with Gasteiger partial charge < -0.3 is 9.47 Å². The smallest absolute Gasteiger partial charge is 0.387 e. The number of hydrogen-bond acceptors (Lipinski definition) is 7. The number of para-hydroxylation sites is 1. The Bertz CT molecular complexity index is 1790. The molecule has 1 aliphatic heterocycles. The Morgan fingerprint density at radius 1 is 1.10 bits per heavy atom. The van der Waals surface area contributed by atoms with Crippen LogP contribution < -0.4 is 19.6 Å². The molecular weight excluding hydrogens is 538 g/mol. The first-order valence-electron chi connectivity index (χ1n) is 12.6. The molecule has 1 unspecified atom stereocenters. The highest BCUT2D eigenvalue weighted by atomic mass is 32.1. The van der Waals surface area contributed by atoms with Crippen molar-refractivity contribution in [2.24, 2.45) is 4.99 Å². The summed E-state index contributed by atoms with van der Waals surface area (Å²) in [6.45, 7) is 4.35. The van der Waals surface area contributed by atoms with E-state index in [2.05, 4.69) is 14.8 Å². The average Bonchev–Trinajstić information content (AvgIpc) is 3.39. The van der Waals surface area contributed by atoms with Crippen LogP contribution in [-0.4, -0.2) is 33.5 Å². The van der Waals surface area contributed by atoms with E-state index in [1.54, 1.807) is 32.1 Å². The number of nitrogens with zero attached hydrogens (tertiary/aromatic N) is 4. The van der Waals surface area contributed by atoms with Crippen molar-refractivity contribution in [2.45, 2.75) is 40.3 Å². The van der Waals surface area contributed by atoms with Crippen molar-refractivity contribution in [3.8, 4) is 11.4 Å². The summed E-state index contributed by atoms with van der Waals surface area (Å²) in [6.07, 6.45) is 1.79. The number of allylic oxidation sites excluding steroid dienone is 1. The maximum Gasteiger partial charge on any atom is 0.387 e. The number of alkyl halides is 2. The maximum absolute atomic E-state index is 13.9. The molecule has 0 saturated carbocycles. The lowest BCUT2D eigenvalue weighted by Crippen LogP contribution is -2.39. The minimum atomic E-state index is -2.97. The predicted octanol–water partition coefficient (Wildman–Crippen LogP) is 4.20. The Morgan fingerprint density at radius 3 is 2.45 bits per heavy atom. The summed E-state index contributed by atoms with van der Waals surface area (Å²) in [7, 11) is 0. The Hall–Kier alpha value is -4.38. The van der Waals surface area contributed by atoms with E-state index in [0.29, 0.717) is 20.6 Å². The molecule has 0 saturated heterocycles. The summed E-state index contributed by atoms with van der Waals surface area (Å²) < 4.78 is 38.9. The minimum absolute atomic E-state index is 0.0362. The second kappa shape index (κ2) is 11.0. The first-order chi connectivity index (χ1) is 19.2. The highest BCUT2D eigenvalue weighted by molar-refractivity contribution is 7.07. The SMILES string of the molecule is CCOC(=O)C1=C(C)N=c2sc(=Cc3c(C)nn(-c4ccccc4)c3C)c(=O)n2C1c1ccc(OC(F)F)cc1. The van der Waals surface area contributed by atoms with Crippen LogP contribution in [-0.2, 0) is 9.53 Å². The van der Waals surface area contributed by atoms with E-state index in [1.807, 2.05) is 48.9 Å². The highest BCUT2D eigenvalue weighted by Gasteiger charge is 2.33. The number of thiazole rings is 1. The number of benzene rings is 2. The molecule has 2 aromatic heterocycles. The van der Waals surface area contributed by atoms with Crippen LogP contribution in [0.4, 0.5) is 8.78 Å². The van der Waals surface area contributed by atoms with Gasteiger partial charge in [-0.25, -0.2) is 14.5 Å². The van der Waals surface area contributed by atoms with Crippen LogP contribution in [0.2, 0.25) is 0 Å². The minimum Gasteiger partial charge on any atom is -0.463 e. The van der Waals surface area contributed by atoms with Crippen LogP contribution in [0.5, 0.6) is 5.75 Å². The molecule has 1 atom stereocenters. The molecule has 0 radical (unpaired) electrons. The summed E-state index contributed by atoms with van der Waals surface area (Å²) in [4.78, 5) is 31.9. The number of esters is 1. The van der Waals surface area contributed by atoms with Gasteiger partial charge in [-0.05, 0) is 63.6 Å². The second-order valence-electron chi connectivity index (χ2n) is 9.08. The van der Waals surface area contributed by atoms with Gasteiger partial charge in [0.05, 0.1) is 39.8 Å². The van der Waals surface area contributed by atoms with Gasteiger partial charge in [-0.1, -0.05) is 41.7 Å². The second-order valence-corrected chi connectivity index (χ2v) is 10.1. The zero-order valence-electron chi connectivity index (χ0n) is 22.2. The van der Waals surface area contributed by atoms with Gasteiger partial charge >= 0.3 is 12.6 Å². The monoisotopic (exact) mass is 564 g/mol. The van der Waals surface area contributed by atoms with E-state index in [1.165, 1.54) is 28.0 Å². The molecule has 0 fully saturated rings. The van der Waals surface area contributed by atoms with Gasteiger partial charge in [0.15, 0.2) is 4.80 Å². The summed E-state index contributed by atoms with van der Waals surface area (Å²) in [5, 5.41) is 4.67. The Balaban J connectivity index is 1.67. The largest absolute Gasteiger partial charge is 0.463 e. The molecule has 11 heteroatoms. The molecule has 206 valence electrons. The third-order valence-electron chi connectivity index (χ3n) is 6.56. The fourth-order valence-electron chi connectivity index (χ4n) is 4.75. The van der Waals surface area contributed by atoms with E-state index in [0.717, 1.165) is 22.6 Å². The van der Waals surface area contributed by atoms with Gasteiger partial charge in [-0.2, -0.15) is 13.9 Å². The number of rotatable bonds is 7. The van der Waals surface area contributed by atoms with E-state index in [-0.39, 0.29) is 23.5 Å². The molecule has 40 heavy (non-hydrogen) atoms. The zero-order chi connectivity index (χ0) is 28.6. The number of halogens is 2. The van der Waals surface area contributed by atoms with Crippen molar-refractivity contribution in [2.75, 3.05) is 6.61 Å². The van der Waals surface area contributed by atoms with Crippen molar-refractivity contribution in [3.05, 3.63) is 108 Å². The van der Waals surface area contributed by atoms with Crippen molar-refractivity contribution >= 4 is 23.4 Å². The van der Waals surface area contributed by atoms with E-state index in [4.69, 9.17) is 4.74 Å². The van der Waals surface area contributed by atoms with Gasteiger partial charge in [0.1, 0.15) is 5.75 Å². The molecular formula is C29H26F2N4O4S. The number of carbonyl (C=O) groups is 1. The molecule has 2 aromatic carbocycles. The maximum atomic E-state index is 13.9. The number of aromatic nitrogens is 3. The number of aryl methyl sites for hydroxylation is 1. The molecule has 0 N–H and O–H groups in total. The third-order valence-corrected chi connectivity index (χ3v) is 7.54. The van der Waals surface area contributed by atoms with Gasteiger partial charge in [0, 0.05) is 11.3 Å². The van der Waals surface area contributed by atoms with Gasteiger partial charge in [-0.15, -0.1) is 0 Å². The number of ether oxygens (including phenoxy) is 2. The van der Waals surface area contributed by atoms with Crippen molar-refractivity contribution < 1.29 is 23.0 Å². The third kappa shape index (κ3) is 5.00. The fourth-order valence-corrected chi connectivity index (χ4v) is 5.78. The molecule has 0 spiro atoms. The Kier molecular flexibility index (Phi) is 7.49. The first kappa shape index (κ1) is 27.2. The Labute approximate surface area is 232 Å². The zero-order valence-corrected chi connectivity index (χ0v) is 23.0. The molecule has 1 aliphatic rings. The van der Waals surface area contributed by atoms with Gasteiger partial charge in [0.2, 0.25) is 0 Å². The highest BCUT2D eigenvalue weighted by Crippen LogP contribution is 2.32. The summed E-state index contributed by atoms with van der Waals surface area (Å²) >= 11 is 1.20. The van der Waals surface area contributed by atoms with E-state index in [9.17, 15) is 18.4 Å². The number of fused-ring (bicyclic) bond motifs is 1. The lowest BCUT2D eigenvalue weighted by Gasteiger charge is -2.24. The van der Waals surface area contributed by atoms with Crippen LogP contribution >= 0.6 is 11.3 Å². The average molecular weight is 565 g/mol. The molecule has 8 nitrogen and oxygen atoms in total. The van der Waals surface area contributed by atoms with Crippen LogP contribution in [0, 0.1) is 13.8 Å². The van der Waals surface area contributed by atoms with Crippen LogP contribution in [0.15, 0.2) is 75.7 Å². The van der Waals surface area contributed by atoms with Gasteiger partial charge in [-0.3, -0.25) is 9.36 Å². The van der Waals surface area contributed by atoms with E-state index >= 15 is 0 Å². The lowest BCUT2D eigenvalue weighted by atomic mass is 9.96. The molecule has 5 rings (SSSR count). The standard InChI is InChI=1S/C29H26F2N4O4S/c1-5-38-27(37)24-17(3)32-29-34(25(24)19-11-13-21(14-12-19)39-28(30)31)26(36)23(40-29)15-22-16(2)33-35(18(22)4)20-9-7-6-8-10-20/h6-15,25,28H,5H2,1-4H3.